The van der Waals surface area contributed by atoms with Gasteiger partial charge in [0.15, 0.2) is 5.76 Å². The highest BCUT2D eigenvalue weighted by molar-refractivity contribution is 5.97. The molecule has 0 spiro atoms. The molecule has 0 saturated carbocycles. The molecular weight excluding hydrogens is 304 g/mol. The predicted octanol–water partition coefficient (Wildman–Crippen LogP) is 0.471. The summed E-state index contributed by atoms with van der Waals surface area (Å²) in [5.74, 6) is -1.67. The first kappa shape index (κ1) is 17.0. The van der Waals surface area contributed by atoms with E-state index < -0.39 is 11.9 Å². The average molecular weight is 324 g/mol. The average Bonchev–Trinajstić information content (AvgIpc) is 2.99. The van der Waals surface area contributed by atoms with Crippen LogP contribution in [-0.4, -0.2) is 72.6 Å². The molecule has 0 unspecified atom stereocenters. The summed E-state index contributed by atoms with van der Waals surface area (Å²) in [5, 5.41) is 9.09. The van der Waals surface area contributed by atoms with Crippen molar-refractivity contribution in [1.82, 2.24) is 9.80 Å². The second-order valence-electron chi connectivity index (χ2n) is 5.26. The predicted molar refractivity (Wildman–Crippen MR) is 79.4 cm³/mol. The molecule has 126 valence electrons. The molecule has 0 aromatic carbocycles. The van der Waals surface area contributed by atoms with E-state index in [1.165, 1.54) is 18.0 Å². The van der Waals surface area contributed by atoms with E-state index in [1.54, 1.807) is 11.8 Å². The van der Waals surface area contributed by atoms with Crippen LogP contribution in [0.1, 0.15) is 33.6 Å². The molecule has 0 bridgehead atoms. The molecule has 1 aliphatic heterocycles. The summed E-state index contributed by atoms with van der Waals surface area (Å²) in [7, 11) is 1.48. The Morgan fingerprint density at radius 2 is 1.96 bits per heavy atom. The first-order valence-corrected chi connectivity index (χ1v) is 7.41. The third-order valence-corrected chi connectivity index (χ3v) is 3.65. The van der Waals surface area contributed by atoms with Crippen LogP contribution in [-0.2, 0) is 16.0 Å². The number of nitrogens with zero attached hydrogens (tertiary/aromatic N) is 2. The fraction of sp³-hybridized carbons (Fsp3) is 0.533. The van der Waals surface area contributed by atoms with Gasteiger partial charge in [-0.2, -0.15) is 0 Å². The molecule has 2 rings (SSSR count). The lowest BCUT2D eigenvalue weighted by Crippen LogP contribution is -2.46. The molecule has 1 saturated heterocycles. The summed E-state index contributed by atoms with van der Waals surface area (Å²) in [6, 6.07) is 1.21. The first-order chi connectivity index (χ1) is 10.9. The van der Waals surface area contributed by atoms with Crippen LogP contribution in [0.4, 0.5) is 0 Å². The number of carboxylic acids is 1. The van der Waals surface area contributed by atoms with Gasteiger partial charge in [-0.25, -0.2) is 4.79 Å². The standard InChI is InChI=1S/C15H20N2O6/c1-3-11-10(15(20)21)8-12(23-11)14(19)16(2)9-13(18)17-4-6-22-7-5-17/h8H,3-7,9H2,1-2H3,(H,20,21). The summed E-state index contributed by atoms with van der Waals surface area (Å²) >= 11 is 0. The molecule has 2 amide bonds. The third-order valence-electron chi connectivity index (χ3n) is 3.65. The number of carboxylic acid groups (broad SMARTS) is 1. The Morgan fingerprint density at radius 3 is 2.48 bits per heavy atom. The van der Waals surface area contributed by atoms with E-state index in [-0.39, 0.29) is 29.5 Å². The topological polar surface area (TPSA) is 100 Å². The van der Waals surface area contributed by atoms with Gasteiger partial charge in [-0.1, -0.05) is 6.92 Å². The van der Waals surface area contributed by atoms with Gasteiger partial charge in [0.1, 0.15) is 11.3 Å². The largest absolute Gasteiger partial charge is 0.478 e. The Labute approximate surface area is 133 Å². The summed E-state index contributed by atoms with van der Waals surface area (Å²) in [6.07, 6.45) is 0.366. The highest BCUT2D eigenvalue weighted by Gasteiger charge is 2.25. The van der Waals surface area contributed by atoms with E-state index >= 15 is 0 Å². The quantitative estimate of drug-likeness (QED) is 0.845. The van der Waals surface area contributed by atoms with E-state index in [1.807, 2.05) is 0 Å². The zero-order valence-corrected chi connectivity index (χ0v) is 13.2. The van der Waals surface area contributed by atoms with Gasteiger partial charge in [-0.05, 0) is 0 Å². The SMILES string of the molecule is CCc1oc(C(=O)N(C)CC(=O)N2CCOCC2)cc1C(=O)O. The maximum atomic E-state index is 12.3. The molecule has 1 N–H and O–H groups in total. The fourth-order valence-electron chi connectivity index (χ4n) is 2.35. The van der Waals surface area contributed by atoms with Crippen molar-refractivity contribution < 1.29 is 28.6 Å². The minimum absolute atomic E-state index is 0.0243. The van der Waals surface area contributed by atoms with E-state index in [0.29, 0.717) is 32.7 Å². The Balaban J connectivity index is 2.04. The molecule has 0 aliphatic carbocycles. The number of aromatic carboxylic acids is 1. The number of hydrogen-bond donors (Lipinski definition) is 1. The Kier molecular flexibility index (Phi) is 5.38. The fourth-order valence-corrected chi connectivity index (χ4v) is 2.35. The molecular formula is C15H20N2O6. The zero-order chi connectivity index (χ0) is 17.0. The highest BCUT2D eigenvalue weighted by Crippen LogP contribution is 2.18. The van der Waals surface area contributed by atoms with Crippen LogP contribution in [0.25, 0.3) is 0 Å². The molecule has 2 heterocycles. The number of aryl methyl sites for hydroxylation is 1. The van der Waals surface area contributed by atoms with E-state index in [4.69, 9.17) is 14.3 Å². The second-order valence-corrected chi connectivity index (χ2v) is 5.26. The lowest BCUT2D eigenvalue weighted by atomic mass is 10.2. The number of carbonyl (C=O) groups excluding carboxylic acids is 2. The van der Waals surface area contributed by atoms with E-state index in [9.17, 15) is 14.4 Å². The van der Waals surface area contributed by atoms with Crippen molar-refractivity contribution in [2.45, 2.75) is 13.3 Å². The highest BCUT2D eigenvalue weighted by atomic mass is 16.5. The molecule has 1 aromatic heterocycles. The Morgan fingerprint density at radius 1 is 1.30 bits per heavy atom. The minimum Gasteiger partial charge on any atom is -0.478 e. The van der Waals surface area contributed by atoms with Crippen LogP contribution in [0, 0.1) is 0 Å². The molecule has 8 nitrogen and oxygen atoms in total. The number of carbonyl (C=O) groups is 3. The zero-order valence-electron chi connectivity index (χ0n) is 13.2. The van der Waals surface area contributed by atoms with Gasteiger partial charge in [0.05, 0.1) is 19.8 Å². The second kappa shape index (κ2) is 7.28. The number of rotatable bonds is 5. The first-order valence-electron chi connectivity index (χ1n) is 7.41. The molecule has 1 fully saturated rings. The van der Waals surface area contributed by atoms with E-state index in [2.05, 4.69) is 0 Å². The molecule has 1 aromatic rings. The van der Waals surface area contributed by atoms with Crippen LogP contribution in [0.5, 0.6) is 0 Å². The van der Waals surface area contributed by atoms with Crippen molar-refractivity contribution in [1.29, 1.82) is 0 Å². The molecule has 0 radical (unpaired) electrons. The number of furan rings is 1. The lowest BCUT2D eigenvalue weighted by molar-refractivity contribution is -0.135. The maximum absolute atomic E-state index is 12.3. The van der Waals surface area contributed by atoms with Crippen LogP contribution < -0.4 is 0 Å². The minimum atomic E-state index is -1.14. The van der Waals surface area contributed by atoms with Gasteiger partial charge in [0.2, 0.25) is 5.91 Å². The van der Waals surface area contributed by atoms with Crippen molar-refractivity contribution in [2.75, 3.05) is 39.9 Å². The summed E-state index contributed by atoms with van der Waals surface area (Å²) in [4.78, 5) is 38.4. The lowest BCUT2D eigenvalue weighted by Gasteiger charge is -2.28. The van der Waals surface area contributed by atoms with Gasteiger partial charge in [-0.3, -0.25) is 9.59 Å². The summed E-state index contributed by atoms with van der Waals surface area (Å²) < 4.78 is 10.5. The third kappa shape index (κ3) is 3.89. The number of likely N-dealkylation sites (N-methyl/N-ethyl adjacent to an activating group) is 1. The van der Waals surface area contributed by atoms with Crippen LogP contribution in [0.15, 0.2) is 10.5 Å². The summed E-state index contributed by atoms with van der Waals surface area (Å²) in [6.45, 7) is 3.64. The molecule has 1 aliphatic rings. The van der Waals surface area contributed by atoms with Crippen LogP contribution >= 0.6 is 0 Å². The number of hydrogen-bond acceptors (Lipinski definition) is 5. The normalized spacial score (nSPS) is 14.6. The number of amides is 2. The molecule has 8 heteroatoms. The van der Waals surface area contributed by atoms with Crippen molar-refractivity contribution in [2.24, 2.45) is 0 Å². The summed E-state index contributed by atoms with van der Waals surface area (Å²) in [5.41, 5.74) is -0.0243. The van der Waals surface area contributed by atoms with Gasteiger partial charge in [-0.15, -0.1) is 0 Å². The number of ether oxygens (including phenoxy) is 1. The molecule has 23 heavy (non-hydrogen) atoms. The van der Waals surface area contributed by atoms with Crippen molar-refractivity contribution in [3.8, 4) is 0 Å². The van der Waals surface area contributed by atoms with E-state index in [0.717, 1.165) is 0 Å². The van der Waals surface area contributed by atoms with Crippen LogP contribution in [0.2, 0.25) is 0 Å². The van der Waals surface area contributed by atoms with Crippen LogP contribution in [0.3, 0.4) is 0 Å². The maximum Gasteiger partial charge on any atom is 0.339 e. The van der Waals surface area contributed by atoms with Gasteiger partial charge in [0.25, 0.3) is 5.91 Å². The number of morpholine rings is 1. The van der Waals surface area contributed by atoms with Crippen molar-refractivity contribution in [3.05, 3.63) is 23.2 Å². The van der Waals surface area contributed by atoms with Gasteiger partial charge in [0, 0.05) is 32.6 Å². The van der Waals surface area contributed by atoms with Gasteiger partial charge < -0.3 is 24.1 Å². The Hall–Kier alpha value is -2.35. The molecule has 0 atom stereocenters. The Bertz CT molecular complexity index is 603. The van der Waals surface area contributed by atoms with Gasteiger partial charge >= 0.3 is 5.97 Å². The monoisotopic (exact) mass is 324 g/mol. The smallest absolute Gasteiger partial charge is 0.339 e. The van der Waals surface area contributed by atoms with Crippen molar-refractivity contribution in [3.63, 3.8) is 0 Å². The van der Waals surface area contributed by atoms with Crippen molar-refractivity contribution >= 4 is 17.8 Å².